The summed E-state index contributed by atoms with van der Waals surface area (Å²) in [5.74, 6) is 1.14. The Bertz CT molecular complexity index is 740. The summed E-state index contributed by atoms with van der Waals surface area (Å²) >= 11 is 6.19. The molecule has 1 saturated carbocycles. The second kappa shape index (κ2) is 4.60. The van der Waals surface area contributed by atoms with E-state index in [2.05, 4.69) is 24.3 Å². The summed E-state index contributed by atoms with van der Waals surface area (Å²) in [5.41, 5.74) is 9.67. The Morgan fingerprint density at radius 2 is 2.00 bits per heavy atom. The summed E-state index contributed by atoms with van der Waals surface area (Å²) < 4.78 is 0. The molecule has 0 aromatic heterocycles. The van der Waals surface area contributed by atoms with Gasteiger partial charge in [-0.1, -0.05) is 35.9 Å². The van der Waals surface area contributed by atoms with E-state index in [-0.39, 0.29) is 11.7 Å². The van der Waals surface area contributed by atoms with Crippen LogP contribution in [-0.2, 0) is 6.42 Å². The van der Waals surface area contributed by atoms with Gasteiger partial charge in [-0.05, 0) is 54.0 Å². The molecule has 2 aliphatic carbocycles. The number of nitrogens with two attached hydrogens (primary N) is 1. The summed E-state index contributed by atoms with van der Waals surface area (Å²) in [5, 5.41) is 0.469. The number of ketones is 1. The number of rotatable bonds is 2. The minimum absolute atomic E-state index is 0.0924. The van der Waals surface area contributed by atoms with Crippen molar-refractivity contribution in [2.75, 3.05) is 5.73 Å². The number of Topliss-reactive ketones (excluding diaryl/α,β-unsaturated/α-hetero) is 1. The van der Waals surface area contributed by atoms with Crippen molar-refractivity contribution in [3.05, 3.63) is 64.2 Å². The molecule has 3 unspecified atom stereocenters. The Balaban J connectivity index is 1.66. The molecule has 0 aliphatic heterocycles. The van der Waals surface area contributed by atoms with E-state index >= 15 is 0 Å². The SMILES string of the molecule is Nc1ccc(C(=O)C2C3CCc4ccccc4C32)c(Cl)c1. The van der Waals surface area contributed by atoms with Crippen molar-refractivity contribution in [1.29, 1.82) is 0 Å². The molecule has 21 heavy (non-hydrogen) atoms. The molecule has 2 nitrogen and oxygen atoms in total. The maximum absolute atomic E-state index is 12.8. The van der Waals surface area contributed by atoms with Crippen molar-refractivity contribution in [2.24, 2.45) is 11.8 Å². The normalized spacial score (nSPS) is 25.9. The van der Waals surface area contributed by atoms with Crippen molar-refractivity contribution < 1.29 is 4.79 Å². The van der Waals surface area contributed by atoms with E-state index in [1.807, 2.05) is 0 Å². The van der Waals surface area contributed by atoms with E-state index in [0.717, 1.165) is 12.8 Å². The van der Waals surface area contributed by atoms with Gasteiger partial charge in [0.05, 0.1) is 5.02 Å². The Hall–Kier alpha value is -1.80. The van der Waals surface area contributed by atoms with E-state index in [4.69, 9.17) is 17.3 Å². The van der Waals surface area contributed by atoms with Crippen LogP contribution in [0.2, 0.25) is 5.02 Å². The summed E-state index contributed by atoms with van der Waals surface area (Å²) in [4.78, 5) is 12.8. The molecule has 106 valence electrons. The fourth-order valence-corrected chi connectivity index (χ4v) is 4.12. The highest BCUT2D eigenvalue weighted by molar-refractivity contribution is 6.34. The second-order valence-corrected chi connectivity index (χ2v) is 6.46. The molecule has 3 atom stereocenters. The molecular weight excluding hydrogens is 282 g/mol. The molecule has 3 heteroatoms. The van der Waals surface area contributed by atoms with Crippen LogP contribution in [0.25, 0.3) is 0 Å². The van der Waals surface area contributed by atoms with Crippen LogP contribution in [0.1, 0.15) is 33.8 Å². The van der Waals surface area contributed by atoms with Crippen LogP contribution < -0.4 is 5.73 Å². The zero-order valence-corrected chi connectivity index (χ0v) is 12.3. The minimum Gasteiger partial charge on any atom is -0.399 e. The number of nitrogen functional groups attached to an aromatic ring is 1. The number of benzene rings is 2. The Morgan fingerprint density at radius 1 is 1.19 bits per heavy atom. The number of aryl methyl sites for hydroxylation is 1. The van der Waals surface area contributed by atoms with Crippen LogP contribution in [0.15, 0.2) is 42.5 Å². The molecule has 0 amide bonds. The van der Waals surface area contributed by atoms with E-state index in [0.29, 0.717) is 28.1 Å². The number of carbonyl (C=O) groups is 1. The number of carbonyl (C=O) groups excluding carboxylic acids is 1. The molecule has 2 aliphatic rings. The second-order valence-electron chi connectivity index (χ2n) is 6.06. The molecule has 0 spiro atoms. The first-order valence-corrected chi connectivity index (χ1v) is 7.71. The Kier molecular flexibility index (Phi) is 2.83. The lowest BCUT2D eigenvalue weighted by molar-refractivity contribution is 0.0959. The first-order chi connectivity index (χ1) is 10.2. The van der Waals surface area contributed by atoms with Crippen molar-refractivity contribution in [2.45, 2.75) is 18.8 Å². The third kappa shape index (κ3) is 1.97. The predicted molar refractivity (Wildman–Crippen MR) is 84.7 cm³/mol. The van der Waals surface area contributed by atoms with Crippen molar-refractivity contribution in [1.82, 2.24) is 0 Å². The van der Waals surface area contributed by atoms with Crippen LogP contribution in [0, 0.1) is 11.8 Å². The van der Waals surface area contributed by atoms with E-state index in [1.165, 1.54) is 11.1 Å². The lowest BCUT2D eigenvalue weighted by atomic mass is 9.92. The molecule has 4 rings (SSSR count). The average molecular weight is 298 g/mol. The summed E-state index contributed by atoms with van der Waals surface area (Å²) in [6.07, 6.45) is 2.18. The van der Waals surface area contributed by atoms with Crippen LogP contribution in [0.3, 0.4) is 0 Å². The van der Waals surface area contributed by atoms with Gasteiger partial charge < -0.3 is 5.73 Å². The molecule has 0 radical (unpaired) electrons. The average Bonchev–Trinajstić information content (AvgIpc) is 3.21. The molecular formula is C18H16ClNO. The van der Waals surface area contributed by atoms with Crippen molar-refractivity contribution in [3.8, 4) is 0 Å². The van der Waals surface area contributed by atoms with Gasteiger partial charge in [-0.2, -0.15) is 0 Å². The first-order valence-electron chi connectivity index (χ1n) is 7.34. The number of anilines is 1. The van der Waals surface area contributed by atoms with Crippen LogP contribution in [0.5, 0.6) is 0 Å². The lowest BCUT2D eigenvalue weighted by Gasteiger charge is -2.13. The fraction of sp³-hybridized carbons (Fsp3) is 0.278. The third-order valence-electron chi connectivity index (χ3n) is 4.89. The lowest BCUT2D eigenvalue weighted by Crippen LogP contribution is -2.05. The topological polar surface area (TPSA) is 43.1 Å². The molecule has 2 N–H and O–H groups in total. The maximum Gasteiger partial charge on any atom is 0.168 e. The molecule has 1 fully saturated rings. The van der Waals surface area contributed by atoms with Gasteiger partial charge in [-0.15, -0.1) is 0 Å². The molecule has 0 bridgehead atoms. The third-order valence-corrected chi connectivity index (χ3v) is 5.20. The van der Waals surface area contributed by atoms with Crippen molar-refractivity contribution in [3.63, 3.8) is 0 Å². The van der Waals surface area contributed by atoms with Crippen molar-refractivity contribution >= 4 is 23.1 Å². The van der Waals surface area contributed by atoms with Gasteiger partial charge in [0.2, 0.25) is 0 Å². The number of hydrogen-bond donors (Lipinski definition) is 1. The Labute approximate surface area is 128 Å². The van der Waals surface area contributed by atoms with E-state index in [9.17, 15) is 4.79 Å². The van der Waals surface area contributed by atoms with Gasteiger partial charge in [0, 0.05) is 17.2 Å². The highest BCUT2D eigenvalue weighted by Gasteiger charge is 2.56. The Morgan fingerprint density at radius 3 is 2.81 bits per heavy atom. The molecule has 0 heterocycles. The predicted octanol–water partition coefficient (Wildman–Crippen LogP) is 4.08. The maximum atomic E-state index is 12.8. The van der Waals surface area contributed by atoms with E-state index in [1.54, 1.807) is 18.2 Å². The van der Waals surface area contributed by atoms with Gasteiger partial charge in [-0.3, -0.25) is 4.79 Å². The zero-order valence-electron chi connectivity index (χ0n) is 11.6. The first kappa shape index (κ1) is 12.9. The van der Waals surface area contributed by atoms with Crippen LogP contribution >= 0.6 is 11.6 Å². The van der Waals surface area contributed by atoms with Crippen LogP contribution in [-0.4, -0.2) is 5.78 Å². The summed E-state index contributed by atoms with van der Waals surface area (Å²) in [6, 6.07) is 13.7. The minimum atomic E-state index is 0.0924. The summed E-state index contributed by atoms with van der Waals surface area (Å²) in [6.45, 7) is 0. The number of fused-ring (bicyclic) bond motifs is 3. The van der Waals surface area contributed by atoms with Crippen LogP contribution in [0.4, 0.5) is 5.69 Å². The largest absolute Gasteiger partial charge is 0.399 e. The number of hydrogen-bond acceptors (Lipinski definition) is 2. The molecule has 2 aromatic carbocycles. The van der Waals surface area contributed by atoms with Gasteiger partial charge in [-0.25, -0.2) is 0 Å². The fourth-order valence-electron chi connectivity index (χ4n) is 3.83. The highest BCUT2D eigenvalue weighted by atomic mass is 35.5. The zero-order chi connectivity index (χ0) is 14.6. The summed E-state index contributed by atoms with van der Waals surface area (Å²) in [7, 11) is 0. The number of halogens is 1. The molecule has 2 aromatic rings. The molecule has 0 saturated heterocycles. The monoisotopic (exact) mass is 297 g/mol. The smallest absolute Gasteiger partial charge is 0.168 e. The van der Waals surface area contributed by atoms with Gasteiger partial charge in [0.1, 0.15) is 0 Å². The quantitative estimate of drug-likeness (QED) is 0.670. The van der Waals surface area contributed by atoms with Gasteiger partial charge in [0.15, 0.2) is 5.78 Å². The standard InChI is InChI=1S/C18H16ClNO/c19-15-9-11(20)6-8-13(15)18(21)17-14-7-5-10-3-1-2-4-12(10)16(14)17/h1-4,6,8-9,14,16-17H,5,7,20H2. The van der Waals surface area contributed by atoms with Gasteiger partial charge in [0.25, 0.3) is 0 Å². The van der Waals surface area contributed by atoms with Gasteiger partial charge >= 0.3 is 0 Å². The highest BCUT2D eigenvalue weighted by Crippen LogP contribution is 2.61. The van der Waals surface area contributed by atoms with E-state index < -0.39 is 0 Å².